The molecule has 0 fully saturated rings. The normalized spacial score (nSPS) is 11.9. The van der Waals surface area contributed by atoms with E-state index in [1.807, 2.05) is 13.8 Å². The van der Waals surface area contributed by atoms with E-state index >= 15 is 0 Å². The number of nitrogens with one attached hydrogen (secondary N) is 2. The standard InChI is InChI=1S/C12H26N2O2/c1-10(2)7-9-16-12(3,4)8-6-11(15)14-13-5/h10,13H,6-9H2,1-5H3,(H,14,15). The summed E-state index contributed by atoms with van der Waals surface area (Å²) in [6.45, 7) is 9.17. The van der Waals surface area contributed by atoms with Gasteiger partial charge in [-0.1, -0.05) is 13.8 Å². The number of hydrazine groups is 1. The van der Waals surface area contributed by atoms with E-state index in [4.69, 9.17) is 4.74 Å². The Kier molecular flexibility index (Phi) is 7.34. The van der Waals surface area contributed by atoms with E-state index < -0.39 is 0 Å². The molecule has 0 saturated heterocycles. The minimum atomic E-state index is -0.222. The van der Waals surface area contributed by atoms with E-state index in [0.29, 0.717) is 12.3 Å². The van der Waals surface area contributed by atoms with Crippen molar-refractivity contribution >= 4 is 5.91 Å². The molecule has 0 rings (SSSR count). The lowest BCUT2D eigenvalue weighted by Gasteiger charge is -2.25. The average molecular weight is 230 g/mol. The van der Waals surface area contributed by atoms with Crippen LogP contribution < -0.4 is 10.9 Å². The Morgan fingerprint density at radius 1 is 1.38 bits per heavy atom. The maximum atomic E-state index is 11.2. The Bertz CT molecular complexity index is 203. The Labute approximate surface area is 99.1 Å². The summed E-state index contributed by atoms with van der Waals surface area (Å²) in [6, 6.07) is 0. The quantitative estimate of drug-likeness (QED) is 0.626. The predicted molar refractivity (Wildman–Crippen MR) is 65.9 cm³/mol. The van der Waals surface area contributed by atoms with Gasteiger partial charge in [0.25, 0.3) is 0 Å². The van der Waals surface area contributed by atoms with Gasteiger partial charge in [-0.25, -0.2) is 5.43 Å². The van der Waals surface area contributed by atoms with Crippen LogP contribution in [0.2, 0.25) is 0 Å². The van der Waals surface area contributed by atoms with Crippen LogP contribution in [0.4, 0.5) is 0 Å². The number of ether oxygens (including phenoxy) is 1. The van der Waals surface area contributed by atoms with Crippen molar-refractivity contribution in [2.24, 2.45) is 5.92 Å². The Hall–Kier alpha value is -0.610. The average Bonchev–Trinajstić information content (AvgIpc) is 2.14. The highest BCUT2D eigenvalue weighted by Crippen LogP contribution is 2.17. The zero-order chi connectivity index (χ0) is 12.6. The molecule has 0 atom stereocenters. The molecule has 0 aliphatic heterocycles. The fraction of sp³-hybridized carbons (Fsp3) is 0.917. The fourth-order valence-electron chi connectivity index (χ4n) is 1.26. The maximum Gasteiger partial charge on any atom is 0.234 e. The first kappa shape index (κ1) is 15.4. The molecule has 0 bridgehead atoms. The highest BCUT2D eigenvalue weighted by atomic mass is 16.5. The van der Waals surface area contributed by atoms with E-state index in [1.54, 1.807) is 7.05 Å². The van der Waals surface area contributed by atoms with Crippen molar-refractivity contribution in [1.29, 1.82) is 0 Å². The third-order valence-electron chi connectivity index (χ3n) is 2.41. The molecule has 0 aromatic heterocycles. The van der Waals surface area contributed by atoms with Crippen molar-refractivity contribution in [2.45, 2.75) is 52.6 Å². The van der Waals surface area contributed by atoms with Crippen LogP contribution in [0.1, 0.15) is 47.0 Å². The summed E-state index contributed by atoms with van der Waals surface area (Å²) >= 11 is 0. The first-order valence-electron chi connectivity index (χ1n) is 5.97. The largest absolute Gasteiger partial charge is 0.376 e. The first-order chi connectivity index (χ1) is 7.37. The topological polar surface area (TPSA) is 50.4 Å². The van der Waals surface area contributed by atoms with Crippen LogP contribution in [-0.2, 0) is 9.53 Å². The van der Waals surface area contributed by atoms with Gasteiger partial charge >= 0.3 is 0 Å². The van der Waals surface area contributed by atoms with Crippen LogP contribution in [0.25, 0.3) is 0 Å². The molecule has 2 N–H and O–H groups in total. The van der Waals surface area contributed by atoms with Crippen LogP contribution in [0.5, 0.6) is 0 Å². The van der Waals surface area contributed by atoms with Gasteiger partial charge in [0.1, 0.15) is 0 Å². The maximum absolute atomic E-state index is 11.2. The van der Waals surface area contributed by atoms with Gasteiger partial charge in [0.05, 0.1) is 5.60 Å². The minimum Gasteiger partial charge on any atom is -0.376 e. The fourth-order valence-corrected chi connectivity index (χ4v) is 1.26. The van der Waals surface area contributed by atoms with Crippen molar-refractivity contribution in [3.05, 3.63) is 0 Å². The molecule has 1 amide bonds. The number of rotatable bonds is 8. The van der Waals surface area contributed by atoms with Crippen LogP contribution in [0.15, 0.2) is 0 Å². The highest BCUT2D eigenvalue weighted by Gasteiger charge is 2.19. The van der Waals surface area contributed by atoms with E-state index in [9.17, 15) is 4.79 Å². The summed E-state index contributed by atoms with van der Waals surface area (Å²) in [5.41, 5.74) is 4.95. The van der Waals surface area contributed by atoms with Crippen LogP contribution in [-0.4, -0.2) is 25.2 Å². The van der Waals surface area contributed by atoms with E-state index in [0.717, 1.165) is 19.4 Å². The summed E-state index contributed by atoms with van der Waals surface area (Å²) in [4.78, 5) is 11.2. The van der Waals surface area contributed by atoms with Gasteiger partial charge in [-0.15, -0.1) is 0 Å². The molecule has 0 unspecified atom stereocenters. The van der Waals surface area contributed by atoms with Gasteiger partial charge in [-0.05, 0) is 32.6 Å². The van der Waals surface area contributed by atoms with Gasteiger partial charge in [0, 0.05) is 20.1 Å². The second kappa shape index (κ2) is 7.63. The van der Waals surface area contributed by atoms with Crippen molar-refractivity contribution in [3.8, 4) is 0 Å². The van der Waals surface area contributed by atoms with Crippen molar-refractivity contribution in [1.82, 2.24) is 10.9 Å². The molecule has 4 heteroatoms. The van der Waals surface area contributed by atoms with Gasteiger partial charge in [0.2, 0.25) is 5.91 Å². The zero-order valence-electron chi connectivity index (χ0n) is 11.2. The smallest absolute Gasteiger partial charge is 0.234 e. The molecule has 0 radical (unpaired) electrons. The molecular formula is C12H26N2O2. The molecule has 0 saturated carbocycles. The predicted octanol–water partition coefficient (Wildman–Crippen LogP) is 1.86. The van der Waals surface area contributed by atoms with Gasteiger partial charge < -0.3 is 4.74 Å². The van der Waals surface area contributed by atoms with E-state index in [-0.39, 0.29) is 11.5 Å². The zero-order valence-corrected chi connectivity index (χ0v) is 11.2. The molecule has 0 aromatic carbocycles. The van der Waals surface area contributed by atoms with E-state index in [1.165, 1.54) is 0 Å². The van der Waals surface area contributed by atoms with Gasteiger partial charge in [-0.2, -0.15) is 0 Å². The Morgan fingerprint density at radius 2 is 2.00 bits per heavy atom. The van der Waals surface area contributed by atoms with Crippen LogP contribution in [0.3, 0.4) is 0 Å². The lowest BCUT2D eigenvalue weighted by molar-refractivity contribution is -0.123. The van der Waals surface area contributed by atoms with Gasteiger partial charge in [0.15, 0.2) is 0 Å². The molecule has 16 heavy (non-hydrogen) atoms. The first-order valence-corrected chi connectivity index (χ1v) is 5.97. The third-order valence-corrected chi connectivity index (χ3v) is 2.41. The number of hydrogen-bond donors (Lipinski definition) is 2. The number of hydrogen-bond acceptors (Lipinski definition) is 3. The summed E-state index contributed by atoms with van der Waals surface area (Å²) in [5, 5.41) is 0. The summed E-state index contributed by atoms with van der Waals surface area (Å²) in [6.07, 6.45) is 2.28. The lowest BCUT2D eigenvalue weighted by atomic mass is 10.0. The second-order valence-electron chi connectivity index (χ2n) is 5.09. The number of carbonyl (C=O) groups is 1. The molecular weight excluding hydrogens is 204 g/mol. The Balaban J connectivity index is 3.73. The number of amides is 1. The third kappa shape index (κ3) is 8.68. The van der Waals surface area contributed by atoms with Crippen molar-refractivity contribution < 1.29 is 9.53 Å². The number of carbonyl (C=O) groups excluding carboxylic acids is 1. The lowest BCUT2D eigenvalue weighted by Crippen LogP contribution is -2.36. The van der Waals surface area contributed by atoms with Crippen molar-refractivity contribution in [2.75, 3.05) is 13.7 Å². The summed E-state index contributed by atoms with van der Waals surface area (Å²) < 4.78 is 5.77. The van der Waals surface area contributed by atoms with Gasteiger partial charge in [-0.3, -0.25) is 10.2 Å². The molecule has 0 aliphatic carbocycles. The molecule has 0 heterocycles. The summed E-state index contributed by atoms with van der Waals surface area (Å²) in [7, 11) is 1.68. The molecule has 96 valence electrons. The van der Waals surface area contributed by atoms with Crippen LogP contribution in [0, 0.1) is 5.92 Å². The molecule has 0 aromatic rings. The highest BCUT2D eigenvalue weighted by molar-refractivity contribution is 5.75. The van der Waals surface area contributed by atoms with E-state index in [2.05, 4.69) is 24.7 Å². The minimum absolute atomic E-state index is 0.00281. The summed E-state index contributed by atoms with van der Waals surface area (Å²) in [5.74, 6) is 0.659. The SMILES string of the molecule is CNNC(=O)CCC(C)(C)OCCC(C)C. The molecule has 0 spiro atoms. The van der Waals surface area contributed by atoms with Crippen LogP contribution >= 0.6 is 0 Å². The second-order valence-corrected chi connectivity index (χ2v) is 5.09. The molecule has 0 aliphatic rings. The molecule has 4 nitrogen and oxygen atoms in total. The monoisotopic (exact) mass is 230 g/mol. The Morgan fingerprint density at radius 3 is 2.50 bits per heavy atom. The van der Waals surface area contributed by atoms with Crippen molar-refractivity contribution in [3.63, 3.8) is 0 Å².